The fraction of sp³-hybridized carbons (Fsp3) is 0.250. The number of ether oxygens (including phenoxy) is 1. The molecular formula is C16H17N3O4S. The third-order valence-corrected chi connectivity index (χ3v) is 5.05. The van der Waals surface area contributed by atoms with Crippen molar-refractivity contribution in [3.05, 3.63) is 47.7 Å². The second-order valence-corrected chi connectivity index (χ2v) is 7.11. The molecule has 7 nitrogen and oxygen atoms in total. The smallest absolute Gasteiger partial charge is 0.266 e. The van der Waals surface area contributed by atoms with E-state index in [9.17, 15) is 13.2 Å². The molecule has 1 amide bonds. The van der Waals surface area contributed by atoms with Gasteiger partial charge in [-0.1, -0.05) is 12.1 Å². The number of rotatable bonds is 4. The number of nitrogens with zero attached hydrogens (tertiary/aromatic N) is 1. The van der Waals surface area contributed by atoms with Crippen LogP contribution in [-0.4, -0.2) is 32.5 Å². The van der Waals surface area contributed by atoms with Crippen molar-refractivity contribution < 1.29 is 17.9 Å². The van der Waals surface area contributed by atoms with Gasteiger partial charge in [-0.3, -0.25) is 9.52 Å². The van der Waals surface area contributed by atoms with E-state index in [2.05, 4.69) is 15.0 Å². The molecule has 3 rings (SSSR count). The van der Waals surface area contributed by atoms with E-state index >= 15 is 0 Å². The molecule has 1 atom stereocenters. The van der Waals surface area contributed by atoms with Crippen LogP contribution < -0.4 is 14.8 Å². The van der Waals surface area contributed by atoms with Gasteiger partial charge in [0.1, 0.15) is 16.7 Å². The first kappa shape index (κ1) is 16.3. The Morgan fingerprint density at radius 1 is 1.29 bits per heavy atom. The molecule has 0 spiro atoms. The van der Waals surface area contributed by atoms with Gasteiger partial charge in [-0.25, -0.2) is 13.4 Å². The molecule has 2 heterocycles. The van der Waals surface area contributed by atoms with E-state index < -0.39 is 15.9 Å². The van der Waals surface area contributed by atoms with Crippen LogP contribution in [0.3, 0.4) is 0 Å². The summed E-state index contributed by atoms with van der Waals surface area (Å²) in [5, 5.41) is 2.46. The minimum atomic E-state index is -3.94. The van der Waals surface area contributed by atoms with Crippen LogP contribution in [0, 0.1) is 0 Å². The minimum Gasteiger partial charge on any atom is -0.489 e. The van der Waals surface area contributed by atoms with Crippen molar-refractivity contribution in [2.45, 2.75) is 24.3 Å². The molecule has 0 bridgehead atoms. The molecule has 1 aromatic heterocycles. The number of anilines is 1. The Morgan fingerprint density at radius 3 is 2.83 bits per heavy atom. The highest BCUT2D eigenvalue weighted by molar-refractivity contribution is 7.92. The number of amides is 1. The number of sulfonamides is 1. The summed E-state index contributed by atoms with van der Waals surface area (Å²) in [7, 11) is -2.48. The van der Waals surface area contributed by atoms with Crippen LogP contribution >= 0.6 is 0 Å². The topological polar surface area (TPSA) is 97.4 Å². The fourth-order valence-electron chi connectivity index (χ4n) is 2.61. The quantitative estimate of drug-likeness (QED) is 0.875. The summed E-state index contributed by atoms with van der Waals surface area (Å²) in [6.45, 7) is 1.88. The number of benzene rings is 1. The van der Waals surface area contributed by atoms with Gasteiger partial charge < -0.3 is 10.1 Å². The van der Waals surface area contributed by atoms with Crippen LogP contribution in [-0.2, 0) is 16.4 Å². The lowest BCUT2D eigenvalue weighted by atomic mass is 10.1. The number of hydrogen-bond acceptors (Lipinski definition) is 5. The number of para-hydroxylation sites is 1. The first-order chi connectivity index (χ1) is 11.4. The Hall–Kier alpha value is -2.61. The van der Waals surface area contributed by atoms with E-state index in [4.69, 9.17) is 4.74 Å². The third kappa shape index (κ3) is 2.92. The van der Waals surface area contributed by atoms with Crippen LogP contribution in [0.4, 0.5) is 5.82 Å². The molecule has 1 unspecified atom stereocenters. The van der Waals surface area contributed by atoms with Gasteiger partial charge in [0.2, 0.25) is 0 Å². The zero-order chi connectivity index (χ0) is 17.3. The van der Waals surface area contributed by atoms with E-state index in [1.807, 2.05) is 13.0 Å². The van der Waals surface area contributed by atoms with Gasteiger partial charge in [0.15, 0.2) is 5.82 Å². The summed E-state index contributed by atoms with van der Waals surface area (Å²) >= 11 is 0. The molecule has 0 fully saturated rings. The second-order valence-electron chi connectivity index (χ2n) is 5.46. The molecule has 0 radical (unpaired) electrons. The van der Waals surface area contributed by atoms with E-state index in [1.54, 1.807) is 12.1 Å². The maximum Gasteiger partial charge on any atom is 0.266 e. The van der Waals surface area contributed by atoms with Crippen LogP contribution in [0.2, 0.25) is 0 Å². The van der Waals surface area contributed by atoms with E-state index in [1.165, 1.54) is 25.4 Å². The molecule has 0 saturated heterocycles. The fourth-order valence-corrected chi connectivity index (χ4v) is 3.81. The molecule has 8 heteroatoms. The van der Waals surface area contributed by atoms with Gasteiger partial charge >= 0.3 is 0 Å². The van der Waals surface area contributed by atoms with Crippen molar-refractivity contribution in [3.8, 4) is 5.75 Å². The first-order valence-electron chi connectivity index (χ1n) is 7.41. The van der Waals surface area contributed by atoms with E-state index in [-0.39, 0.29) is 22.4 Å². The van der Waals surface area contributed by atoms with Gasteiger partial charge in [-0.15, -0.1) is 0 Å². The van der Waals surface area contributed by atoms with Crippen LogP contribution in [0.1, 0.15) is 22.8 Å². The summed E-state index contributed by atoms with van der Waals surface area (Å²) in [6, 6.07) is 8.05. The summed E-state index contributed by atoms with van der Waals surface area (Å²) in [5.74, 6) is -0.0978. The Morgan fingerprint density at radius 2 is 2.08 bits per heavy atom. The highest BCUT2D eigenvalue weighted by Gasteiger charge is 2.29. The number of carbonyl (C=O) groups is 1. The SMILES string of the molecule is CNC(=O)c1cccnc1NS(=O)(=O)c1cccc2c1OC(C)C2. The number of fused-ring (bicyclic) bond motifs is 1. The Bertz CT molecular complexity index is 896. The van der Waals surface area contributed by atoms with Gasteiger partial charge in [-0.2, -0.15) is 0 Å². The van der Waals surface area contributed by atoms with Crippen molar-refractivity contribution in [3.63, 3.8) is 0 Å². The van der Waals surface area contributed by atoms with Crippen molar-refractivity contribution in [2.75, 3.05) is 11.8 Å². The summed E-state index contributed by atoms with van der Waals surface area (Å²) in [5.41, 5.74) is 0.989. The average molecular weight is 347 g/mol. The minimum absolute atomic E-state index is 0.0273. The third-order valence-electron chi connectivity index (χ3n) is 3.69. The lowest BCUT2D eigenvalue weighted by molar-refractivity contribution is 0.0963. The molecule has 1 aromatic carbocycles. The lowest BCUT2D eigenvalue weighted by Crippen LogP contribution is -2.22. The van der Waals surface area contributed by atoms with Crippen molar-refractivity contribution in [1.29, 1.82) is 0 Å². The zero-order valence-electron chi connectivity index (χ0n) is 13.2. The predicted octanol–water partition coefficient (Wildman–Crippen LogP) is 1.57. The Balaban J connectivity index is 2.00. The molecule has 2 N–H and O–H groups in total. The Labute approximate surface area is 140 Å². The number of hydrogen-bond donors (Lipinski definition) is 2. The number of aromatic nitrogens is 1. The average Bonchev–Trinajstić information content (AvgIpc) is 2.94. The second kappa shape index (κ2) is 6.12. The normalized spacial score (nSPS) is 16.2. The van der Waals surface area contributed by atoms with Gasteiger partial charge in [0, 0.05) is 19.7 Å². The molecule has 1 aliphatic rings. The van der Waals surface area contributed by atoms with Crippen molar-refractivity contribution >= 4 is 21.7 Å². The molecule has 24 heavy (non-hydrogen) atoms. The van der Waals surface area contributed by atoms with Crippen molar-refractivity contribution in [1.82, 2.24) is 10.3 Å². The summed E-state index contributed by atoms with van der Waals surface area (Å²) in [6.07, 6.45) is 2.00. The van der Waals surface area contributed by atoms with Crippen molar-refractivity contribution in [2.24, 2.45) is 0 Å². The number of pyridine rings is 1. The maximum atomic E-state index is 12.8. The van der Waals surface area contributed by atoms with Gasteiger partial charge in [-0.05, 0) is 30.7 Å². The zero-order valence-corrected chi connectivity index (χ0v) is 14.1. The highest BCUT2D eigenvalue weighted by atomic mass is 32.2. The monoisotopic (exact) mass is 347 g/mol. The van der Waals surface area contributed by atoms with Crippen LogP contribution in [0.5, 0.6) is 5.75 Å². The molecule has 126 valence electrons. The predicted molar refractivity (Wildman–Crippen MR) is 88.7 cm³/mol. The molecular weight excluding hydrogens is 330 g/mol. The van der Waals surface area contributed by atoms with E-state index in [0.29, 0.717) is 12.2 Å². The van der Waals surface area contributed by atoms with Crippen LogP contribution in [0.15, 0.2) is 41.4 Å². The molecule has 1 aliphatic heterocycles. The summed E-state index contributed by atoms with van der Waals surface area (Å²) in [4.78, 5) is 15.9. The number of carbonyl (C=O) groups excluding carboxylic acids is 1. The lowest BCUT2D eigenvalue weighted by Gasteiger charge is -2.13. The summed E-state index contributed by atoms with van der Waals surface area (Å²) < 4.78 is 33.6. The molecule has 0 aliphatic carbocycles. The van der Waals surface area contributed by atoms with E-state index in [0.717, 1.165) is 5.56 Å². The number of nitrogens with one attached hydrogen (secondary N) is 2. The Kier molecular flexibility index (Phi) is 4.15. The molecule has 2 aromatic rings. The van der Waals surface area contributed by atoms with Gasteiger partial charge in [0.05, 0.1) is 5.56 Å². The van der Waals surface area contributed by atoms with Gasteiger partial charge in [0.25, 0.3) is 15.9 Å². The van der Waals surface area contributed by atoms with Crippen LogP contribution in [0.25, 0.3) is 0 Å². The maximum absolute atomic E-state index is 12.8. The highest BCUT2D eigenvalue weighted by Crippen LogP contribution is 2.35. The largest absolute Gasteiger partial charge is 0.489 e. The molecule has 0 saturated carbocycles. The first-order valence-corrected chi connectivity index (χ1v) is 8.89. The standard InChI is InChI=1S/C16H17N3O4S/c1-10-9-11-5-3-7-13(14(11)23-10)24(21,22)19-15-12(16(20)17-2)6-4-8-18-15/h3-8,10H,9H2,1-2H3,(H,17,20)(H,18,19).